The van der Waals surface area contributed by atoms with Crippen molar-refractivity contribution in [3.8, 4) is 0 Å². The molecular weight excluding hydrogens is 334 g/mol. The molecule has 0 saturated carbocycles. The molecule has 2 amide bonds. The van der Waals surface area contributed by atoms with E-state index in [1.807, 2.05) is 0 Å². The van der Waals surface area contributed by atoms with Gasteiger partial charge in [-0.15, -0.1) is 0 Å². The lowest BCUT2D eigenvalue weighted by atomic mass is 9.71. The molecule has 2 saturated heterocycles. The first kappa shape index (κ1) is 17.3. The molecule has 7 nitrogen and oxygen atoms in total. The first-order chi connectivity index (χ1) is 12.5. The number of rotatable bonds is 1. The number of amides is 2. The molecule has 3 heterocycles. The first-order valence-corrected chi connectivity index (χ1v) is 9.52. The number of pyridine rings is 1. The largest absolute Gasteiger partial charge is 0.392 e. The van der Waals surface area contributed by atoms with Crippen LogP contribution in [0.25, 0.3) is 0 Å². The molecular formula is C19H25N3O4. The Kier molecular flexibility index (Phi) is 4.34. The molecule has 1 aromatic rings. The number of carbonyl (C=O) groups is 2. The van der Waals surface area contributed by atoms with Crippen molar-refractivity contribution in [2.75, 3.05) is 19.6 Å². The predicted octanol–water partition coefficient (Wildman–Crippen LogP) is 0.357. The lowest BCUT2D eigenvalue weighted by Crippen LogP contribution is -2.62. The summed E-state index contributed by atoms with van der Waals surface area (Å²) in [5, 5.41) is 13.3. The van der Waals surface area contributed by atoms with E-state index >= 15 is 0 Å². The minimum Gasteiger partial charge on any atom is -0.392 e. The summed E-state index contributed by atoms with van der Waals surface area (Å²) < 4.78 is 0. The van der Waals surface area contributed by atoms with Crippen molar-refractivity contribution in [3.05, 3.63) is 33.2 Å². The maximum Gasteiger partial charge on any atom is 0.261 e. The monoisotopic (exact) mass is 359 g/mol. The summed E-state index contributed by atoms with van der Waals surface area (Å²) >= 11 is 0. The van der Waals surface area contributed by atoms with Gasteiger partial charge in [-0.1, -0.05) is 0 Å². The van der Waals surface area contributed by atoms with Gasteiger partial charge in [0.25, 0.3) is 11.5 Å². The van der Waals surface area contributed by atoms with Crippen molar-refractivity contribution in [3.63, 3.8) is 0 Å². The minimum atomic E-state index is -0.951. The molecule has 1 aliphatic carbocycles. The molecule has 1 aromatic heterocycles. The molecule has 26 heavy (non-hydrogen) atoms. The van der Waals surface area contributed by atoms with Gasteiger partial charge in [0.15, 0.2) is 0 Å². The quantitative estimate of drug-likeness (QED) is 0.673. The number of nitrogens with one attached hydrogen (secondary N) is 2. The second-order valence-corrected chi connectivity index (χ2v) is 7.77. The van der Waals surface area contributed by atoms with Gasteiger partial charge in [-0.3, -0.25) is 14.4 Å². The Morgan fingerprint density at radius 2 is 2.04 bits per heavy atom. The van der Waals surface area contributed by atoms with Gasteiger partial charge >= 0.3 is 0 Å². The number of likely N-dealkylation sites (tertiary alicyclic amines) is 1. The third-order valence-corrected chi connectivity index (χ3v) is 6.18. The van der Waals surface area contributed by atoms with Gasteiger partial charge in [-0.05, 0) is 56.6 Å². The summed E-state index contributed by atoms with van der Waals surface area (Å²) in [5.74, 6) is -0.530. The predicted molar refractivity (Wildman–Crippen MR) is 94.9 cm³/mol. The summed E-state index contributed by atoms with van der Waals surface area (Å²) in [6.45, 7) is 1.12. The number of aromatic amines is 1. The molecule has 0 aromatic carbocycles. The van der Waals surface area contributed by atoms with E-state index in [-0.39, 0.29) is 29.5 Å². The number of hydrogen-bond donors (Lipinski definition) is 3. The SMILES string of the molecule is O=C(c1cc2c([nH]c1=O)CCCC2)N1CC[C@@H](O)[C@@]2(CCCNC2=O)C1. The number of piperidine rings is 2. The molecule has 3 N–H and O–H groups in total. The van der Waals surface area contributed by atoms with Crippen LogP contribution in [0.15, 0.2) is 10.9 Å². The van der Waals surface area contributed by atoms with E-state index < -0.39 is 11.5 Å². The molecule has 1 spiro atoms. The van der Waals surface area contributed by atoms with Gasteiger partial charge < -0.3 is 20.3 Å². The number of aryl methyl sites for hydroxylation is 2. The molecule has 4 rings (SSSR count). The minimum absolute atomic E-state index is 0.147. The van der Waals surface area contributed by atoms with Crippen LogP contribution in [0.3, 0.4) is 0 Å². The lowest BCUT2D eigenvalue weighted by molar-refractivity contribution is -0.147. The number of aliphatic hydroxyl groups is 1. The number of aromatic nitrogens is 1. The van der Waals surface area contributed by atoms with Crippen LogP contribution in [-0.4, -0.2) is 52.5 Å². The maximum atomic E-state index is 13.0. The zero-order valence-electron chi connectivity index (χ0n) is 14.8. The Bertz CT molecular complexity index is 802. The van der Waals surface area contributed by atoms with Gasteiger partial charge in [0.05, 0.1) is 11.5 Å². The number of aliphatic hydroxyl groups excluding tert-OH is 1. The highest BCUT2D eigenvalue weighted by molar-refractivity contribution is 5.95. The number of nitrogens with zero attached hydrogens (tertiary/aromatic N) is 1. The fourth-order valence-corrected chi connectivity index (χ4v) is 4.62. The average Bonchev–Trinajstić information content (AvgIpc) is 2.65. The molecule has 140 valence electrons. The Morgan fingerprint density at radius 3 is 2.85 bits per heavy atom. The van der Waals surface area contributed by atoms with Crippen molar-refractivity contribution in [2.45, 2.75) is 51.0 Å². The Balaban J connectivity index is 1.62. The van der Waals surface area contributed by atoms with Gasteiger partial charge in [-0.25, -0.2) is 0 Å². The molecule has 3 aliphatic rings. The molecule has 0 bridgehead atoms. The van der Waals surface area contributed by atoms with E-state index in [2.05, 4.69) is 10.3 Å². The fraction of sp³-hybridized carbons (Fsp3) is 0.632. The number of fused-ring (bicyclic) bond motifs is 1. The molecule has 2 fully saturated rings. The molecule has 7 heteroatoms. The number of carbonyl (C=O) groups excluding carboxylic acids is 2. The van der Waals surface area contributed by atoms with E-state index in [4.69, 9.17) is 0 Å². The van der Waals surface area contributed by atoms with Crippen LogP contribution in [-0.2, 0) is 17.6 Å². The van der Waals surface area contributed by atoms with Crippen LogP contribution in [0, 0.1) is 5.41 Å². The second kappa shape index (κ2) is 6.54. The normalized spacial score (nSPS) is 28.6. The highest BCUT2D eigenvalue weighted by Crippen LogP contribution is 2.37. The lowest BCUT2D eigenvalue weighted by Gasteiger charge is -2.46. The van der Waals surface area contributed by atoms with E-state index in [1.54, 1.807) is 11.0 Å². The summed E-state index contributed by atoms with van der Waals surface area (Å²) in [6.07, 6.45) is 4.77. The fourth-order valence-electron chi connectivity index (χ4n) is 4.62. The van der Waals surface area contributed by atoms with Crippen LogP contribution in [0.2, 0.25) is 0 Å². The van der Waals surface area contributed by atoms with Crippen molar-refractivity contribution in [2.24, 2.45) is 5.41 Å². The van der Waals surface area contributed by atoms with Crippen molar-refractivity contribution in [1.29, 1.82) is 0 Å². The first-order valence-electron chi connectivity index (χ1n) is 9.52. The number of hydrogen-bond acceptors (Lipinski definition) is 4. The summed E-state index contributed by atoms with van der Waals surface area (Å²) in [7, 11) is 0. The van der Waals surface area contributed by atoms with Crippen LogP contribution in [0.5, 0.6) is 0 Å². The van der Waals surface area contributed by atoms with E-state index in [0.29, 0.717) is 25.9 Å². The molecule has 2 atom stereocenters. The topological polar surface area (TPSA) is 102 Å². The van der Waals surface area contributed by atoms with Crippen molar-refractivity contribution in [1.82, 2.24) is 15.2 Å². The van der Waals surface area contributed by atoms with Crippen LogP contribution >= 0.6 is 0 Å². The van der Waals surface area contributed by atoms with Crippen LogP contribution < -0.4 is 10.9 Å². The van der Waals surface area contributed by atoms with E-state index in [1.165, 1.54) is 0 Å². The zero-order chi connectivity index (χ0) is 18.3. The Morgan fingerprint density at radius 1 is 1.23 bits per heavy atom. The van der Waals surface area contributed by atoms with Gasteiger partial charge in [0.2, 0.25) is 5.91 Å². The second-order valence-electron chi connectivity index (χ2n) is 7.77. The third kappa shape index (κ3) is 2.74. The Hall–Kier alpha value is -2.15. The van der Waals surface area contributed by atoms with Crippen LogP contribution in [0.1, 0.15) is 53.7 Å². The Labute approximate surface area is 151 Å². The van der Waals surface area contributed by atoms with Crippen molar-refractivity contribution < 1.29 is 14.7 Å². The zero-order valence-corrected chi connectivity index (χ0v) is 14.8. The standard InChI is InChI=1S/C19H25N3O4/c23-15-6-9-22(11-19(15)7-3-8-20-18(19)26)17(25)13-10-12-4-1-2-5-14(12)21-16(13)24/h10,15,23H,1-9,11H2,(H,20,26)(H,21,24)/t15-,19-/m1/s1. The van der Waals surface area contributed by atoms with Crippen LogP contribution in [0.4, 0.5) is 0 Å². The molecule has 0 unspecified atom stereocenters. The van der Waals surface area contributed by atoms with Gasteiger partial charge in [0.1, 0.15) is 5.56 Å². The summed E-state index contributed by atoms with van der Waals surface area (Å²) in [6, 6.07) is 1.73. The molecule has 2 aliphatic heterocycles. The third-order valence-electron chi connectivity index (χ3n) is 6.18. The van der Waals surface area contributed by atoms with Gasteiger partial charge in [-0.2, -0.15) is 0 Å². The molecule has 0 radical (unpaired) electrons. The highest BCUT2D eigenvalue weighted by atomic mass is 16.3. The van der Waals surface area contributed by atoms with Crippen molar-refractivity contribution >= 4 is 11.8 Å². The average molecular weight is 359 g/mol. The van der Waals surface area contributed by atoms with Gasteiger partial charge in [0, 0.05) is 25.3 Å². The summed E-state index contributed by atoms with van der Waals surface area (Å²) in [5.41, 5.74) is 0.821. The maximum absolute atomic E-state index is 13.0. The van der Waals surface area contributed by atoms with E-state index in [0.717, 1.165) is 43.4 Å². The smallest absolute Gasteiger partial charge is 0.261 e. The highest BCUT2D eigenvalue weighted by Gasteiger charge is 2.50. The van der Waals surface area contributed by atoms with E-state index in [9.17, 15) is 19.5 Å². The number of H-pyrrole nitrogens is 1. The summed E-state index contributed by atoms with van der Waals surface area (Å²) in [4.78, 5) is 42.4.